The van der Waals surface area contributed by atoms with E-state index in [2.05, 4.69) is 16.5 Å². The first-order valence-corrected chi connectivity index (χ1v) is 10.0. The van der Waals surface area contributed by atoms with Crippen molar-refractivity contribution in [3.63, 3.8) is 0 Å². The Hall–Kier alpha value is -0.660. The molecule has 0 radical (unpaired) electrons. The highest BCUT2D eigenvalue weighted by Crippen LogP contribution is 2.13. The molecular weight excluding hydrogens is 300 g/mol. The summed E-state index contributed by atoms with van der Waals surface area (Å²) in [5.74, 6) is 7.54. The SMILES string of the molecule is C=S(C)CCC(O)C(=O)OC(CCS(=C)C)C(=O)OC. The third-order valence-electron chi connectivity index (χ3n) is 2.46. The molecule has 1 N–H and O–H groups in total. The number of carbonyl (C=O) groups is 2. The van der Waals surface area contributed by atoms with E-state index in [1.807, 2.05) is 12.5 Å². The normalized spacial score (nSPS) is 16.8. The Balaban J connectivity index is 4.47. The van der Waals surface area contributed by atoms with Crippen molar-refractivity contribution >= 4 is 44.6 Å². The molecule has 0 aromatic heterocycles. The summed E-state index contributed by atoms with van der Waals surface area (Å²) in [6, 6.07) is 0. The second-order valence-corrected chi connectivity index (χ2v) is 8.46. The van der Waals surface area contributed by atoms with Crippen LogP contribution in [-0.4, -0.2) is 72.1 Å². The second kappa shape index (κ2) is 10.1. The first kappa shape index (κ1) is 19.3. The van der Waals surface area contributed by atoms with Crippen molar-refractivity contribution in [1.82, 2.24) is 0 Å². The molecule has 0 spiro atoms. The van der Waals surface area contributed by atoms with Gasteiger partial charge < -0.3 is 14.6 Å². The molecule has 4 atom stereocenters. The van der Waals surface area contributed by atoms with Gasteiger partial charge in [0, 0.05) is 6.42 Å². The van der Waals surface area contributed by atoms with Gasteiger partial charge in [-0.25, -0.2) is 9.59 Å². The fourth-order valence-corrected chi connectivity index (χ4v) is 2.56. The van der Waals surface area contributed by atoms with E-state index in [-0.39, 0.29) is 27.4 Å². The maximum atomic E-state index is 11.7. The van der Waals surface area contributed by atoms with E-state index < -0.39 is 24.1 Å². The minimum atomic E-state index is -1.22. The Morgan fingerprint density at radius 1 is 1.10 bits per heavy atom. The zero-order valence-corrected chi connectivity index (χ0v) is 13.9. The third-order valence-corrected chi connectivity index (χ3v) is 4.33. The maximum Gasteiger partial charge on any atom is 0.347 e. The number of aliphatic hydroxyl groups is 1. The van der Waals surface area contributed by atoms with Gasteiger partial charge in [0.25, 0.3) is 0 Å². The number of rotatable bonds is 9. The number of aliphatic hydroxyl groups excluding tert-OH is 1. The average molecular weight is 324 g/mol. The highest BCUT2D eigenvalue weighted by atomic mass is 32.2. The van der Waals surface area contributed by atoms with E-state index in [4.69, 9.17) is 4.74 Å². The molecule has 20 heavy (non-hydrogen) atoms. The number of esters is 2. The minimum Gasteiger partial charge on any atom is -0.466 e. The number of hydrogen-bond donors (Lipinski definition) is 1. The lowest BCUT2D eigenvalue weighted by molar-refractivity contribution is -0.171. The average Bonchev–Trinajstić information content (AvgIpc) is 2.39. The monoisotopic (exact) mass is 324 g/mol. The molecule has 0 aliphatic heterocycles. The minimum absolute atomic E-state index is 0.102. The Bertz CT molecular complexity index is 381. The zero-order valence-electron chi connectivity index (χ0n) is 12.3. The Morgan fingerprint density at radius 3 is 2.05 bits per heavy atom. The van der Waals surface area contributed by atoms with Crippen LogP contribution in [0.1, 0.15) is 12.8 Å². The molecule has 0 fully saturated rings. The van der Waals surface area contributed by atoms with E-state index in [0.717, 1.165) is 0 Å². The van der Waals surface area contributed by atoms with Crippen LogP contribution in [0, 0.1) is 0 Å². The molecule has 0 aromatic carbocycles. The summed E-state index contributed by atoms with van der Waals surface area (Å²) < 4.78 is 9.64. The molecule has 7 heteroatoms. The highest BCUT2D eigenvalue weighted by molar-refractivity contribution is 8.13. The van der Waals surface area contributed by atoms with Crippen LogP contribution in [0.15, 0.2) is 0 Å². The van der Waals surface area contributed by atoms with E-state index in [1.165, 1.54) is 7.11 Å². The summed E-state index contributed by atoms with van der Waals surface area (Å²) in [7, 11) is 1.03. The fraction of sp³-hybridized carbons (Fsp3) is 0.692. The van der Waals surface area contributed by atoms with Gasteiger partial charge in [-0.05, 0) is 30.4 Å². The molecule has 118 valence electrons. The Kier molecular flexibility index (Phi) is 9.79. The molecule has 5 nitrogen and oxygen atoms in total. The Morgan fingerprint density at radius 2 is 1.60 bits per heavy atom. The van der Waals surface area contributed by atoms with Crippen LogP contribution in [0.3, 0.4) is 0 Å². The van der Waals surface area contributed by atoms with Gasteiger partial charge in [0.15, 0.2) is 12.2 Å². The predicted octanol–water partition coefficient (Wildman–Crippen LogP) is 0.874. The molecule has 0 saturated heterocycles. The van der Waals surface area contributed by atoms with E-state index in [1.54, 1.807) is 0 Å². The van der Waals surface area contributed by atoms with E-state index in [0.29, 0.717) is 17.9 Å². The summed E-state index contributed by atoms with van der Waals surface area (Å²) in [6.07, 6.45) is 2.29. The molecular formula is C13H24O5S2. The topological polar surface area (TPSA) is 72.8 Å². The van der Waals surface area contributed by atoms with Crippen LogP contribution in [-0.2, 0) is 19.1 Å². The van der Waals surface area contributed by atoms with Crippen molar-refractivity contribution < 1.29 is 24.2 Å². The molecule has 0 saturated carbocycles. The van der Waals surface area contributed by atoms with Crippen LogP contribution >= 0.6 is 21.0 Å². The van der Waals surface area contributed by atoms with Gasteiger partial charge in [0.1, 0.15) is 0 Å². The summed E-state index contributed by atoms with van der Waals surface area (Å²) in [6.45, 7) is 0. The van der Waals surface area contributed by atoms with Crippen LogP contribution in [0.5, 0.6) is 0 Å². The molecule has 0 aliphatic carbocycles. The Labute approximate surface area is 125 Å². The van der Waals surface area contributed by atoms with Gasteiger partial charge >= 0.3 is 11.9 Å². The van der Waals surface area contributed by atoms with Crippen molar-refractivity contribution in [1.29, 1.82) is 0 Å². The smallest absolute Gasteiger partial charge is 0.347 e. The van der Waals surface area contributed by atoms with Crippen LogP contribution < -0.4 is 0 Å². The molecule has 0 aromatic rings. The summed E-state index contributed by atoms with van der Waals surface area (Å²) in [5.41, 5.74) is 0. The van der Waals surface area contributed by atoms with Gasteiger partial charge in [-0.15, -0.1) is 0 Å². The molecule has 4 unspecified atom stereocenters. The maximum absolute atomic E-state index is 11.7. The van der Waals surface area contributed by atoms with Gasteiger partial charge in [0.2, 0.25) is 0 Å². The van der Waals surface area contributed by atoms with Crippen molar-refractivity contribution in [2.75, 3.05) is 31.1 Å². The van der Waals surface area contributed by atoms with Crippen LogP contribution in [0.25, 0.3) is 0 Å². The second-order valence-electron chi connectivity index (χ2n) is 4.51. The zero-order chi connectivity index (χ0) is 15.7. The fourth-order valence-electron chi connectivity index (χ4n) is 1.31. The number of hydrogen-bond acceptors (Lipinski definition) is 5. The predicted molar refractivity (Wildman–Crippen MR) is 88.1 cm³/mol. The van der Waals surface area contributed by atoms with E-state index >= 15 is 0 Å². The summed E-state index contributed by atoms with van der Waals surface area (Å²) in [4.78, 5) is 23.3. The molecule has 0 amide bonds. The molecule has 0 heterocycles. The summed E-state index contributed by atoms with van der Waals surface area (Å²) >= 11 is 0. The van der Waals surface area contributed by atoms with Crippen LogP contribution in [0.2, 0.25) is 0 Å². The lowest BCUT2D eigenvalue weighted by Crippen LogP contribution is -2.34. The lowest BCUT2D eigenvalue weighted by Gasteiger charge is -2.18. The van der Waals surface area contributed by atoms with Gasteiger partial charge in [-0.3, -0.25) is 0 Å². The van der Waals surface area contributed by atoms with Crippen LogP contribution in [0.4, 0.5) is 0 Å². The third kappa shape index (κ3) is 8.50. The standard InChI is InChI=1S/C13H24O5S2/c1-17-13(16)11(7-9-20(4)5)18-12(15)10(14)6-8-19(2)3/h10-11,14H,2,4,6-9H2,1,3,5H3. The van der Waals surface area contributed by atoms with Crippen molar-refractivity contribution in [3.05, 3.63) is 0 Å². The first-order chi connectivity index (χ1) is 9.27. The number of ether oxygens (including phenoxy) is 2. The summed E-state index contributed by atoms with van der Waals surface area (Å²) in [5, 5.41) is 9.69. The van der Waals surface area contributed by atoms with Gasteiger partial charge in [-0.1, -0.05) is 11.7 Å². The molecule has 0 bridgehead atoms. The van der Waals surface area contributed by atoms with Gasteiger partial charge in [0.05, 0.1) is 7.11 Å². The number of carbonyl (C=O) groups excluding carboxylic acids is 2. The lowest BCUT2D eigenvalue weighted by atomic mass is 10.2. The quantitative estimate of drug-likeness (QED) is 0.503. The largest absolute Gasteiger partial charge is 0.466 e. The van der Waals surface area contributed by atoms with Crippen molar-refractivity contribution in [3.8, 4) is 0 Å². The van der Waals surface area contributed by atoms with Gasteiger partial charge in [-0.2, -0.15) is 21.0 Å². The van der Waals surface area contributed by atoms with E-state index in [9.17, 15) is 14.7 Å². The molecule has 0 rings (SSSR count). The first-order valence-electron chi connectivity index (χ1n) is 6.08. The van der Waals surface area contributed by atoms with Crippen molar-refractivity contribution in [2.24, 2.45) is 0 Å². The highest BCUT2D eigenvalue weighted by Gasteiger charge is 2.26. The molecule has 0 aliphatic rings. The van der Waals surface area contributed by atoms with Crippen molar-refractivity contribution in [2.45, 2.75) is 25.0 Å². The number of methoxy groups -OCH3 is 1.